The average molecular weight is 528 g/mol. The molecule has 0 aliphatic carbocycles. The summed E-state index contributed by atoms with van der Waals surface area (Å²) in [6.45, 7) is 6.06. The molecule has 4 rings (SSSR count). The van der Waals surface area contributed by atoms with Gasteiger partial charge >= 0.3 is 0 Å². The van der Waals surface area contributed by atoms with Gasteiger partial charge in [-0.2, -0.15) is 0 Å². The lowest BCUT2D eigenvalue weighted by Crippen LogP contribution is -2.24. The summed E-state index contributed by atoms with van der Waals surface area (Å²) in [4.78, 5) is 32.1. The number of amides is 2. The van der Waals surface area contributed by atoms with Crippen LogP contribution in [0.1, 0.15) is 29.3 Å². The molecule has 0 radical (unpaired) electrons. The zero-order valence-corrected chi connectivity index (χ0v) is 22.7. The highest BCUT2D eigenvalue weighted by Gasteiger charge is 2.20. The number of aryl methyl sites for hydroxylation is 2. The number of nitrogens with one attached hydrogen (secondary N) is 2. The van der Waals surface area contributed by atoms with Gasteiger partial charge in [0.05, 0.1) is 10.9 Å². The van der Waals surface area contributed by atoms with Gasteiger partial charge in [-0.15, -0.1) is 23.1 Å². The molecule has 5 nitrogen and oxygen atoms in total. The van der Waals surface area contributed by atoms with Crippen LogP contribution >= 0.6 is 23.1 Å². The summed E-state index contributed by atoms with van der Waals surface area (Å²) < 4.78 is 0. The van der Waals surface area contributed by atoms with Gasteiger partial charge in [0.1, 0.15) is 0 Å². The van der Waals surface area contributed by atoms with E-state index in [2.05, 4.69) is 46.8 Å². The average Bonchev–Trinajstić information content (AvgIpc) is 3.26. The molecule has 3 aromatic carbocycles. The first kappa shape index (κ1) is 26.4. The first-order chi connectivity index (χ1) is 17.9. The van der Waals surface area contributed by atoms with Crippen molar-refractivity contribution < 1.29 is 9.59 Å². The summed E-state index contributed by atoms with van der Waals surface area (Å²) in [6.07, 6.45) is 3.94. The number of carbonyl (C=O) groups excluding carboxylic acids is 2. The standard InChI is InChI=1S/C30H29N3O2S2/c1-4-26(29(35)33-30-32-28(21(3)36-30)23-16-13-20(2)14-17-23)37-25-12-8-11-24(19-25)31-27(34)18-15-22-9-6-5-7-10-22/h5-19,26H,4H2,1-3H3,(H,31,34)(H,32,33,35)/b18-15+. The number of rotatable bonds is 9. The predicted molar refractivity (Wildman–Crippen MR) is 156 cm³/mol. The van der Waals surface area contributed by atoms with E-state index in [1.54, 1.807) is 6.08 Å². The number of benzene rings is 3. The highest BCUT2D eigenvalue weighted by molar-refractivity contribution is 8.00. The van der Waals surface area contributed by atoms with Crippen LogP contribution in [0.15, 0.2) is 89.8 Å². The molecule has 0 saturated carbocycles. The maximum absolute atomic E-state index is 13.1. The lowest BCUT2D eigenvalue weighted by molar-refractivity contribution is -0.115. The van der Waals surface area contributed by atoms with Gasteiger partial charge in [0.15, 0.2) is 5.13 Å². The van der Waals surface area contributed by atoms with Gasteiger partial charge in [0.2, 0.25) is 11.8 Å². The quantitative estimate of drug-likeness (QED) is 0.174. The predicted octanol–water partition coefficient (Wildman–Crippen LogP) is 7.59. The summed E-state index contributed by atoms with van der Waals surface area (Å²) in [5, 5.41) is 6.20. The molecule has 0 spiro atoms. The van der Waals surface area contributed by atoms with Crippen molar-refractivity contribution in [3.63, 3.8) is 0 Å². The Morgan fingerprint density at radius 3 is 2.46 bits per heavy atom. The van der Waals surface area contributed by atoms with Crippen molar-refractivity contribution in [1.82, 2.24) is 4.98 Å². The monoisotopic (exact) mass is 527 g/mol. The lowest BCUT2D eigenvalue weighted by Gasteiger charge is -2.14. The zero-order chi connectivity index (χ0) is 26.2. The van der Waals surface area contributed by atoms with E-state index in [1.165, 1.54) is 34.7 Å². The van der Waals surface area contributed by atoms with Crippen LogP contribution < -0.4 is 10.6 Å². The van der Waals surface area contributed by atoms with Crippen molar-refractivity contribution in [3.05, 3.63) is 101 Å². The molecule has 0 saturated heterocycles. The second-order valence-electron chi connectivity index (χ2n) is 8.55. The van der Waals surface area contributed by atoms with E-state index in [9.17, 15) is 9.59 Å². The Hall–Kier alpha value is -3.68. The fourth-order valence-corrected chi connectivity index (χ4v) is 5.52. The Morgan fingerprint density at radius 1 is 0.973 bits per heavy atom. The Balaban J connectivity index is 1.38. The minimum Gasteiger partial charge on any atom is -0.322 e. The third-order valence-electron chi connectivity index (χ3n) is 5.62. The van der Waals surface area contributed by atoms with Gasteiger partial charge in [-0.25, -0.2) is 4.98 Å². The summed E-state index contributed by atoms with van der Waals surface area (Å²) in [7, 11) is 0. The number of thioether (sulfide) groups is 1. The van der Waals surface area contributed by atoms with Crippen LogP contribution in [0.4, 0.5) is 10.8 Å². The van der Waals surface area contributed by atoms with Gasteiger partial charge in [-0.1, -0.05) is 73.2 Å². The van der Waals surface area contributed by atoms with Crippen LogP contribution in [-0.2, 0) is 9.59 Å². The minimum atomic E-state index is -0.295. The van der Waals surface area contributed by atoms with Gasteiger partial charge < -0.3 is 10.6 Å². The number of nitrogens with zero attached hydrogens (tertiary/aromatic N) is 1. The van der Waals surface area contributed by atoms with Crippen LogP contribution in [0, 0.1) is 13.8 Å². The molecular weight excluding hydrogens is 498 g/mol. The molecule has 2 N–H and O–H groups in total. The Labute approximate surface area is 226 Å². The Morgan fingerprint density at radius 2 is 1.73 bits per heavy atom. The normalized spacial score (nSPS) is 11.9. The molecule has 0 fully saturated rings. The van der Waals surface area contributed by atoms with Crippen LogP contribution in [0.2, 0.25) is 0 Å². The first-order valence-corrected chi connectivity index (χ1v) is 13.8. The van der Waals surface area contributed by atoms with Gasteiger partial charge in [0, 0.05) is 27.1 Å². The van der Waals surface area contributed by atoms with Crippen LogP contribution in [0.3, 0.4) is 0 Å². The van der Waals surface area contributed by atoms with Crippen LogP contribution in [0.25, 0.3) is 17.3 Å². The van der Waals surface area contributed by atoms with E-state index in [0.29, 0.717) is 17.2 Å². The number of hydrogen-bond acceptors (Lipinski definition) is 5. The maximum Gasteiger partial charge on any atom is 0.248 e. The van der Waals surface area contributed by atoms with Gasteiger partial charge in [-0.3, -0.25) is 9.59 Å². The first-order valence-electron chi connectivity index (χ1n) is 12.1. The SMILES string of the molecule is CCC(Sc1cccc(NC(=O)/C=C/c2ccccc2)c1)C(=O)Nc1nc(-c2ccc(C)cc2)c(C)s1. The highest BCUT2D eigenvalue weighted by atomic mass is 32.2. The van der Waals surface area contributed by atoms with E-state index in [-0.39, 0.29) is 17.1 Å². The minimum absolute atomic E-state index is 0.0862. The molecule has 4 aromatic rings. The summed E-state index contributed by atoms with van der Waals surface area (Å²) in [5.41, 5.74) is 4.77. The van der Waals surface area contributed by atoms with Crippen molar-refractivity contribution in [2.75, 3.05) is 10.6 Å². The topological polar surface area (TPSA) is 71.1 Å². The van der Waals surface area contributed by atoms with E-state index < -0.39 is 0 Å². The van der Waals surface area contributed by atoms with Crippen molar-refractivity contribution >= 4 is 51.8 Å². The molecule has 0 aliphatic rings. The third-order valence-corrected chi connectivity index (χ3v) is 7.87. The number of hydrogen-bond donors (Lipinski definition) is 2. The highest BCUT2D eigenvalue weighted by Crippen LogP contribution is 2.32. The zero-order valence-electron chi connectivity index (χ0n) is 21.0. The molecule has 188 valence electrons. The summed E-state index contributed by atoms with van der Waals surface area (Å²) in [5.74, 6) is -0.295. The fourth-order valence-electron chi connectivity index (χ4n) is 3.67. The van der Waals surface area contributed by atoms with Crippen molar-refractivity contribution in [2.24, 2.45) is 0 Å². The maximum atomic E-state index is 13.1. The van der Waals surface area contributed by atoms with E-state index >= 15 is 0 Å². The van der Waals surface area contributed by atoms with Crippen molar-refractivity contribution in [2.45, 2.75) is 37.3 Å². The summed E-state index contributed by atoms with van der Waals surface area (Å²) in [6, 6.07) is 25.4. The number of thiazole rings is 1. The lowest BCUT2D eigenvalue weighted by atomic mass is 10.1. The van der Waals surface area contributed by atoms with Crippen LogP contribution in [-0.4, -0.2) is 22.0 Å². The van der Waals surface area contributed by atoms with Crippen LogP contribution in [0.5, 0.6) is 0 Å². The molecular formula is C30H29N3O2S2. The molecule has 1 unspecified atom stereocenters. The molecule has 7 heteroatoms. The van der Waals surface area contributed by atoms with E-state index in [1.807, 2.05) is 68.4 Å². The van der Waals surface area contributed by atoms with E-state index in [4.69, 9.17) is 0 Å². The molecule has 1 aromatic heterocycles. The Bertz CT molecular complexity index is 1400. The van der Waals surface area contributed by atoms with Crippen molar-refractivity contribution in [1.29, 1.82) is 0 Å². The van der Waals surface area contributed by atoms with Crippen molar-refractivity contribution in [3.8, 4) is 11.3 Å². The molecule has 1 atom stereocenters. The fraction of sp³-hybridized carbons (Fsp3) is 0.167. The second-order valence-corrected chi connectivity index (χ2v) is 11.0. The molecule has 0 aliphatic heterocycles. The number of carbonyl (C=O) groups is 2. The second kappa shape index (κ2) is 12.5. The summed E-state index contributed by atoms with van der Waals surface area (Å²) >= 11 is 2.95. The van der Waals surface area contributed by atoms with Gasteiger partial charge in [0.25, 0.3) is 0 Å². The number of aromatic nitrogens is 1. The molecule has 2 amide bonds. The third kappa shape index (κ3) is 7.41. The largest absolute Gasteiger partial charge is 0.322 e. The smallest absolute Gasteiger partial charge is 0.248 e. The van der Waals surface area contributed by atoms with E-state index in [0.717, 1.165) is 26.6 Å². The molecule has 37 heavy (non-hydrogen) atoms. The molecule has 0 bridgehead atoms. The Kier molecular flexibility index (Phi) is 8.93. The van der Waals surface area contributed by atoms with Gasteiger partial charge in [-0.05, 0) is 50.1 Å². The number of anilines is 2. The molecule has 1 heterocycles.